The van der Waals surface area contributed by atoms with Gasteiger partial charge in [0.1, 0.15) is 13.2 Å². The van der Waals surface area contributed by atoms with Crippen LogP contribution in [0.1, 0.15) is 394 Å². The Kier molecular flexibility index (Phi) is 60.3. The summed E-state index contributed by atoms with van der Waals surface area (Å²) in [6.45, 7) is 11.5. The minimum absolute atomic E-state index is 0.0614. The highest BCUT2D eigenvalue weighted by atomic mass is 16.6. The molecule has 0 amide bonds. The maximum absolute atomic E-state index is 12.9. The normalized spacial score (nSPS) is 12.8. The Labute approximate surface area is 469 Å². The molecular formula is C69H134O6. The van der Waals surface area contributed by atoms with Gasteiger partial charge in [-0.25, -0.2) is 0 Å². The van der Waals surface area contributed by atoms with Crippen molar-refractivity contribution in [2.45, 2.75) is 400 Å². The topological polar surface area (TPSA) is 78.9 Å². The molecule has 2 unspecified atom stereocenters. The standard InChI is InChI=1S/C69H134O6/c1-6-9-10-11-12-13-14-15-16-19-23-29-34-39-44-49-54-59-67(70)73-62-66(75-69(72)61-56-51-46-41-36-31-26-25-28-33-38-43-48-53-58-65(5)8-3)63-74-68(71)60-55-50-45-40-35-30-24-21-18-17-20-22-27-32-37-42-47-52-57-64(4)7-2/h64-66H,6-63H2,1-5H3/t64?,65?,66-/m1/s1. The number of carbonyl (C=O) groups is 3. The van der Waals surface area contributed by atoms with E-state index in [-0.39, 0.29) is 31.1 Å². The third-order valence-electron chi connectivity index (χ3n) is 16.7. The molecule has 3 atom stereocenters. The van der Waals surface area contributed by atoms with Crippen LogP contribution in [0.4, 0.5) is 0 Å². The molecule has 0 aliphatic heterocycles. The van der Waals surface area contributed by atoms with Crippen LogP contribution in [0.5, 0.6) is 0 Å². The van der Waals surface area contributed by atoms with Crippen LogP contribution in [0.2, 0.25) is 0 Å². The van der Waals surface area contributed by atoms with Crippen LogP contribution in [-0.2, 0) is 28.6 Å². The first kappa shape index (κ1) is 73.4. The zero-order chi connectivity index (χ0) is 54.6. The molecule has 0 N–H and O–H groups in total. The van der Waals surface area contributed by atoms with E-state index in [4.69, 9.17) is 14.2 Å². The summed E-state index contributed by atoms with van der Waals surface area (Å²) in [5.41, 5.74) is 0. The first-order valence-corrected chi connectivity index (χ1v) is 34.3. The Hall–Kier alpha value is -1.59. The van der Waals surface area contributed by atoms with E-state index in [1.54, 1.807) is 0 Å². The molecular weight excluding hydrogens is 925 g/mol. The Balaban J connectivity index is 4.27. The molecule has 0 spiro atoms. The average Bonchev–Trinajstić information content (AvgIpc) is 3.41. The summed E-state index contributed by atoms with van der Waals surface area (Å²) in [5.74, 6) is 0.978. The lowest BCUT2D eigenvalue weighted by molar-refractivity contribution is -0.167. The van der Waals surface area contributed by atoms with E-state index in [0.29, 0.717) is 19.3 Å². The van der Waals surface area contributed by atoms with E-state index in [2.05, 4.69) is 34.6 Å². The van der Waals surface area contributed by atoms with Crippen LogP contribution in [0.15, 0.2) is 0 Å². The fourth-order valence-corrected chi connectivity index (χ4v) is 10.8. The molecule has 0 aromatic carbocycles. The zero-order valence-electron chi connectivity index (χ0n) is 51.7. The lowest BCUT2D eigenvalue weighted by atomic mass is 9.99. The molecule has 0 saturated heterocycles. The second-order valence-electron chi connectivity index (χ2n) is 24.3. The summed E-state index contributed by atoms with van der Waals surface area (Å²) < 4.78 is 17.0. The number of ether oxygens (including phenoxy) is 3. The van der Waals surface area contributed by atoms with Crippen molar-refractivity contribution in [3.63, 3.8) is 0 Å². The van der Waals surface area contributed by atoms with Gasteiger partial charge in [-0.2, -0.15) is 0 Å². The summed E-state index contributed by atoms with van der Waals surface area (Å²) in [4.78, 5) is 38.4. The van der Waals surface area contributed by atoms with E-state index in [1.807, 2.05) is 0 Å². The third-order valence-corrected chi connectivity index (χ3v) is 16.7. The molecule has 446 valence electrons. The van der Waals surface area contributed by atoms with Crippen LogP contribution in [0, 0.1) is 11.8 Å². The predicted molar refractivity (Wildman–Crippen MR) is 326 cm³/mol. The number of unbranched alkanes of at least 4 members (excludes halogenated alkanes) is 46. The van der Waals surface area contributed by atoms with E-state index >= 15 is 0 Å². The molecule has 6 heteroatoms. The van der Waals surface area contributed by atoms with Crippen molar-refractivity contribution in [3.8, 4) is 0 Å². The van der Waals surface area contributed by atoms with Gasteiger partial charge in [0, 0.05) is 19.3 Å². The van der Waals surface area contributed by atoms with Crippen LogP contribution in [-0.4, -0.2) is 37.2 Å². The van der Waals surface area contributed by atoms with Crippen molar-refractivity contribution in [2.24, 2.45) is 11.8 Å². The van der Waals surface area contributed by atoms with Gasteiger partial charge < -0.3 is 14.2 Å². The highest BCUT2D eigenvalue weighted by Crippen LogP contribution is 2.20. The van der Waals surface area contributed by atoms with Crippen LogP contribution < -0.4 is 0 Å². The molecule has 0 saturated carbocycles. The Morgan fingerprint density at radius 3 is 0.693 bits per heavy atom. The Morgan fingerprint density at radius 1 is 0.267 bits per heavy atom. The lowest BCUT2D eigenvalue weighted by Gasteiger charge is -2.18. The molecule has 0 fully saturated rings. The smallest absolute Gasteiger partial charge is 0.306 e. The molecule has 0 bridgehead atoms. The van der Waals surface area contributed by atoms with Crippen molar-refractivity contribution < 1.29 is 28.6 Å². The maximum Gasteiger partial charge on any atom is 0.306 e. The summed E-state index contributed by atoms with van der Waals surface area (Å²) in [5, 5.41) is 0. The highest BCUT2D eigenvalue weighted by Gasteiger charge is 2.20. The van der Waals surface area contributed by atoms with E-state index in [9.17, 15) is 14.4 Å². The van der Waals surface area contributed by atoms with Crippen LogP contribution in [0.25, 0.3) is 0 Å². The van der Waals surface area contributed by atoms with Gasteiger partial charge in [0.05, 0.1) is 0 Å². The van der Waals surface area contributed by atoms with Crippen LogP contribution >= 0.6 is 0 Å². The Morgan fingerprint density at radius 2 is 0.467 bits per heavy atom. The second-order valence-corrected chi connectivity index (χ2v) is 24.3. The summed E-state index contributed by atoms with van der Waals surface area (Å²) in [6.07, 6.45) is 69.6. The lowest BCUT2D eigenvalue weighted by Crippen LogP contribution is -2.30. The van der Waals surface area contributed by atoms with Gasteiger partial charge >= 0.3 is 17.9 Å². The Bertz CT molecular complexity index is 1160. The van der Waals surface area contributed by atoms with E-state index < -0.39 is 6.10 Å². The molecule has 0 radical (unpaired) electrons. The van der Waals surface area contributed by atoms with Crippen molar-refractivity contribution >= 4 is 17.9 Å². The first-order valence-electron chi connectivity index (χ1n) is 34.3. The molecule has 6 nitrogen and oxygen atoms in total. The molecule has 75 heavy (non-hydrogen) atoms. The van der Waals surface area contributed by atoms with E-state index in [0.717, 1.165) is 69.6 Å². The monoisotopic (exact) mass is 1060 g/mol. The predicted octanol–water partition coefficient (Wildman–Crippen LogP) is 23.2. The summed E-state index contributed by atoms with van der Waals surface area (Å²) >= 11 is 0. The molecule has 0 aromatic heterocycles. The zero-order valence-corrected chi connectivity index (χ0v) is 51.7. The van der Waals surface area contributed by atoms with Crippen molar-refractivity contribution in [3.05, 3.63) is 0 Å². The third kappa shape index (κ3) is 59.9. The molecule has 0 aromatic rings. The number of hydrogen-bond acceptors (Lipinski definition) is 6. The van der Waals surface area contributed by atoms with Gasteiger partial charge in [-0.05, 0) is 31.1 Å². The largest absolute Gasteiger partial charge is 0.462 e. The van der Waals surface area contributed by atoms with Gasteiger partial charge in [-0.15, -0.1) is 0 Å². The number of carbonyl (C=O) groups excluding carboxylic acids is 3. The number of hydrogen-bond donors (Lipinski definition) is 0. The molecule has 0 heterocycles. The fourth-order valence-electron chi connectivity index (χ4n) is 10.8. The number of esters is 3. The second kappa shape index (κ2) is 61.6. The minimum atomic E-state index is -0.764. The van der Waals surface area contributed by atoms with Crippen LogP contribution in [0.3, 0.4) is 0 Å². The van der Waals surface area contributed by atoms with Gasteiger partial charge in [0.25, 0.3) is 0 Å². The quantitative estimate of drug-likeness (QED) is 0.0343. The molecule has 0 aliphatic carbocycles. The van der Waals surface area contributed by atoms with Crippen molar-refractivity contribution in [1.82, 2.24) is 0 Å². The van der Waals surface area contributed by atoms with E-state index in [1.165, 1.54) is 283 Å². The average molecular weight is 1060 g/mol. The summed E-state index contributed by atoms with van der Waals surface area (Å²) in [7, 11) is 0. The first-order chi connectivity index (χ1) is 36.8. The maximum atomic E-state index is 12.9. The number of rotatable bonds is 63. The van der Waals surface area contributed by atoms with Gasteiger partial charge in [0.2, 0.25) is 0 Å². The van der Waals surface area contributed by atoms with Crippen molar-refractivity contribution in [1.29, 1.82) is 0 Å². The molecule has 0 rings (SSSR count). The molecule has 0 aliphatic rings. The van der Waals surface area contributed by atoms with Gasteiger partial charge in [-0.3, -0.25) is 14.4 Å². The highest BCUT2D eigenvalue weighted by molar-refractivity contribution is 5.71. The SMILES string of the molecule is CCCCCCCCCCCCCCCCCCCC(=O)OC[C@H](COC(=O)CCCCCCCCCCCCCCCCCCCCC(C)CC)OC(=O)CCCCCCCCCCCCCCCCC(C)CC. The fraction of sp³-hybridized carbons (Fsp3) is 0.957. The minimum Gasteiger partial charge on any atom is -0.462 e. The summed E-state index contributed by atoms with van der Waals surface area (Å²) in [6, 6.07) is 0. The van der Waals surface area contributed by atoms with Gasteiger partial charge in [-0.1, -0.05) is 356 Å². The van der Waals surface area contributed by atoms with Gasteiger partial charge in [0.15, 0.2) is 6.10 Å². The van der Waals surface area contributed by atoms with Crippen molar-refractivity contribution in [2.75, 3.05) is 13.2 Å².